The van der Waals surface area contributed by atoms with Crippen molar-refractivity contribution in [2.45, 2.75) is 39.7 Å². The molecule has 0 aliphatic carbocycles. The fraction of sp³-hybridized carbons (Fsp3) is 0.222. The van der Waals surface area contributed by atoms with Gasteiger partial charge >= 0.3 is 0 Å². The molecule has 1 aliphatic heterocycles. The Hall–Kier alpha value is -3.40. The number of halogens is 1. The minimum absolute atomic E-state index is 0.0701. The first-order valence-corrected chi connectivity index (χ1v) is 10.3. The lowest BCUT2D eigenvalue weighted by molar-refractivity contribution is 0.101. The second kappa shape index (κ2) is 8.03. The average molecular weight is 416 g/mol. The van der Waals surface area contributed by atoms with Crippen LogP contribution in [0.25, 0.3) is 6.08 Å². The van der Waals surface area contributed by atoms with Crippen molar-refractivity contribution in [3.8, 4) is 11.5 Å². The summed E-state index contributed by atoms with van der Waals surface area (Å²) in [5, 5.41) is 0. The number of ketones is 1. The molecule has 3 nitrogen and oxygen atoms in total. The van der Waals surface area contributed by atoms with Crippen LogP contribution in [0, 0.1) is 12.7 Å². The summed E-state index contributed by atoms with van der Waals surface area (Å²) < 4.78 is 25.2. The van der Waals surface area contributed by atoms with Crippen molar-refractivity contribution in [3.05, 3.63) is 100 Å². The van der Waals surface area contributed by atoms with Gasteiger partial charge in [0.05, 0.1) is 5.56 Å². The van der Waals surface area contributed by atoms with Gasteiger partial charge in [0, 0.05) is 5.56 Å². The highest BCUT2D eigenvalue weighted by Gasteiger charge is 2.30. The van der Waals surface area contributed by atoms with E-state index >= 15 is 0 Å². The van der Waals surface area contributed by atoms with Gasteiger partial charge < -0.3 is 9.47 Å². The smallest absolute Gasteiger partial charge is 0.231 e. The average Bonchev–Trinajstić information content (AvgIpc) is 3.04. The largest absolute Gasteiger partial charge is 0.488 e. The van der Waals surface area contributed by atoms with Crippen LogP contribution in [0.2, 0.25) is 0 Å². The van der Waals surface area contributed by atoms with Crippen LogP contribution in [0.5, 0.6) is 11.5 Å². The van der Waals surface area contributed by atoms with E-state index in [4.69, 9.17) is 9.47 Å². The number of fused-ring (bicyclic) bond motifs is 1. The lowest BCUT2D eigenvalue weighted by Gasteiger charge is -2.18. The third-order valence-electron chi connectivity index (χ3n) is 5.39. The number of carbonyl (C=O) groups excluding carboxylic acids is 1. The first-order valence-electron chi connectivity index (χ1n) is 10.3. The van der Waals surface area contributed by atoms with Gasteiger partial charge in [-0.1, -0.05) is 57.2 Å². The Labute approximate surface area is 182 Å². The number of Topliss-reactive ketones (excluding diaryl/α,β-unsaturated/α-hetero) is 1. The predicted octanol–water partition coefficient (Wildman–Crippen LogP) is 6.63. The summed E-state index contributed by atoms with van der Waals surface area (Å²) in [6.07, 6.45) is 1.77. The molecule has 0 atom stereocenters. The molecule has 3 aromatic carbocycles. The van der Waals surface area contributed by atoms with E-state index in [-0.39, 0.29) is 23.6 Å². The molecule has 3 aromatic rings. The Morgan fingerprint density at radius 2 is 1.77 bits per heavy atom. The zero-order valence-electron chi connectivity index (χ0n) is 18.2. The van der Waals surface area contributed by atoms with E-state index in [9.17, 15) is 9.18 Å². The molecule has 0 spiro atoms. The molecule has 0 bridgehead atoms. The molecule has 0 radical (unpaired) electrons. The van der Waals surface area contributed by atoms with Crippen molar-refractivity contribution < 1.29 is 18.7 Å². The molecule has 0 saturated carbocycles. The maximum atomic E-state index is 13.4. The number of carbonyl (C=O) groups is 1. The fourth-order valence-corrected chi connectivity index (χ4v) is 3.54. The Balaban J connectivity index is 1.54. The van der Waals surface area contributed by atoms with Crippen LogP contribution in [0.15, 0.2) is 66.4 Å². The van der Waals surface area contributed by atoms with Crippen molar-refractivity contribution >= 4 is 11.9 Å². The minimum atomic E-state index is -0.300. The molecule has 0 saturated heterocycles. The van der Waals surface area contributed by atoms with Crippen molar-refractivity contribution in [2.24, 2.45) is 0 Å². The number of hydrogen-bond donors (Lipinski definition) is 0. The number of hydrogen-bond acceptors (Lipinski definition) is 3. The topological polar surface area (TPSA) is 35.5 Å². The van der Waals surface area contributed by atoms with Crippen LogP contribution < -0.4 is 9.47 Å². The summed E-state index contributed by atoms with van der Waals surface area (Å²) in [6, 6.07) is 17.9. The number of benzene rings is 3. The fourth-order valence-electron chi connectivity index (χ4n) is 3.54. The molecule has 0 amide bonds. The first kappa shape index (κ1) is 20.9. The third kappa shape index (κ3) is 4.38. The van der Waals surface area contributed by atoms with Crippen LogP contribution in [-0.2, 0) is 12.0 Å². The van der Waals surface area contributed by atoms with Gasteiger partial charge in [-0.3, -0.25) is 4.79 Å². The number of ether oxygens (including phenoxy) is 2. The van der Waals surface area contributed by atoms with Crippen molar-refractivity contribution in [3.63, 3.8) is 0 Å². The van der Waals surface area contributed by atoms with Crippen LogP contribution in [0.4, 0.5) is 4.39 Å². The van der Waals surface area contributed by atoms with Gasteiger partial charge in [-0.2, -0.15) is 0 Å². The van der Waals surface area contributed by atoms with E-state index in [1.165, 1.54) is 17.7 Å². The normalized spacial score (nSPS) is 14.5. The minimum Gasteiger partial charge on any atom is -0.488 e. The summed E-state index contributed by atoms with van der Waals surface area (Å²) in [4.78, 5) is 12.8. The zero-order chi connectivity index (χ0) is 22.2. The molecule has 158 valence electrons. The van der Waals surface area contributed by atoms with E-state index in [0.29, 0.717) is 22.8 Å². The maximum Gasteiger partial charge on any atom is 0.231 e. The molecule has 1 heterocycles. The highest BCUT2D eigenvalue weighted by atomic mass is 19.1. The van der Waals surface area contributed by atoms with Crippen LogP contribution >= 0.6 is 0 Å². The van der Waals surface area contributed by atoms with Gasteiger partial charge in [0.1, 0.15) is 23.9 Å². The Kier molecular flexibility index (Phi) is 5.40. The molecule has 4 rings (SSSR count). The lowest BCUT2D eigenvalue weighted by atomic mass is 9.86. The van der Waals surface area contributed by atoms with E-state index in [2.05, 4.69) is 32.9 Å². The van der Waals surface area contributed by atoms with Gasteiger partial charge in [0.15, 0.2) is 5.76 Å². The molecule has 0 unspecified atom stereocenters. The molecule has 0 aromatic heterocycles. The maximum absolute atomic E-state index is 13.4. The van der Waals surface area contributed by atoms with E-state index < -0.39 is 0 Å². The van der Waals surface area contributed by atoms with Crippen LogP contribution in [0.1, 0.15) is 53.4 Å². The molecule has 1 aliphatic rings. The van der Waals surface area contributed by atoms with Gasteiger partial charge in [0.2, 0.25) is 5.78 Å². The summed E-state index contributed by atoms with van der Waals surface area (Å²) in [5.41, 5.74) is 4.20. The van der Waals surface area contributed by atoms with Gasteiger partial charge in [-0.25, -0.2) is 4.39 Å². The van der Waals surface area contributed by atoms with Gasteiger partial charge in [-0.05, 0) is 59.4 Å². The molecular formula is C27H25FO3. The molecule has 0 fully saturated rings. The van der Waals surface area contributed by atoms with E-state index in [1.54, 1.807) is 30.3 Å². The van der Waals surface area contributed by atoms with Gasteiger partial charge in [0.25, 0.3) is 0 Å². The monoisotopic (exact) mass is 416 g/mol. The molecule has 31 heavy (non-hydrogen) atoms. The summed E-state index contributed by atoms with van der Waals surface area (Å²) in [5.74, 6) is 0.968. The van der Waals surface area contributed by atoms with E-state index in [1.807, 2.05) is 19.1 Å². The Bertz CT molecular complexity index is 1170. The predicted molar refractivity (Wildman–Crippen MR) is 120 cm³/mol. The van der Waals surface area contributed by atoms with E-state index in [0.717, 1.165) is 16.7 Å². The van der Waals surface area contributed by atoms with Crippen molar-refractivity contribution in [1.29, 1.82) is 0 Å². The standard InChI is InChI=1S/C27H25FO3/c1-17-23(30-16-19-6-5-7-21(28)14-19)13-12-22-25(29)24(31-26(17)22)15-18-8-10-20(11-9-18)27(2,3)4/h5-15H,16H2,1-4H3/b24-15-. The Morgan fingerprint density at radius 1 is 1.03 bits per heavy atom. The number of rotatable bonds is 4. The quantitative estimate of drug-likeness (QED) is 0.448. The molecular weight excluding hydrogens is 391 g/mol. The Morgan fingerprint density at radius 3 is 2.45 bits per heavy atom. The first-order chi connectivity index (χ1) is 14.7. The number of allylic oxidation sites excluding steroid dienone is 1. The van der Waals surface area contributed by atoms with Crippen molar-refractivity contribution in [1.82, 2.24) is 0 Å². The second-order valence-corrected chi connectivity index (χ2v) is 8.80. The summed E-state index contributed by atoms with van der Waals surface area (Å²) in [6.45, 7) is 8.58. The molecule has 0 N–H and O–H groups in total. The zero-order valence-corrected chi connectivity index (χ0v) is 18.2. The summed E-state index contributed by atoms with van der Waals surface area (Å²) in [7, 11) is 0. The molecule has 4 heteroatoms. The van der Waals surface area contributed by atoms with Crippen molar-refractivity contribution in [2.75, 3.05) is 0 Å². The lowest BCUT2D eigenvalue weighted by Crippen LogP contribution is -2.10. The highest BCUT2D eigenvalue weighted by molar-refractivity contribution is 6.14. The summed E-state index contributed by atoms with van der Waals surface area (Å²) >= 11 is 0. The van der Waals surface area contributed by atoms with Crippen LogP contribution in [-0.4, -0.2) is 5.78 Å². The van der Waals surface area contributed by atoms with Crippen LogP contribution in [0.3, 0.4) is 0 Å². The van der Waals surface area contributed by atoms with Gasteiger partial charge in [-0.15, -0.1) is 0 Å². The second-order valence-electron chi connectivity index (χ2n) is 8.80. The SMILES string of the molecule is Cc1c(OCc2cccc(F)c2)ccc2c1O/C(=C\c1ccc(C(C)(C)C)cc1)C2=O. The highest BCUT2D eigenvalue weighted by Crippen LogP contribution is 2.39. The third-order valence-corrected chi connectivity index (χ3v) is 5.39.